The average molecular weight is 258 g/mol. The van der Waals surface area contributed by atoms with Crippen molar-refractivity contribution in [2.24, 2.45) is 0 Å². The lowest BCUT2D eigenvalue weighted by Crippen LogP contribution is -2.20. The lowest BCUT2D eigenvalue weighted by atomic mass is 10.2. The van der Waals surface area contributed by atoms with Crippen LogP contribution in [0.5, 0.6) is 11.5 Å². The van der Waals surface area contributed by atoms with Crippen LogP contribution in [0.25, 0.3) is 0 Å². The van der Waals surface area contributed by atoms with Crippen molar-refractivity contribution < 1.29 is 9.47 Å². The first-order valence-corrected chi connectivity index (χ1v) is 6.10. The maximum Gasteiger partial charge on any atom is 0.238 e. The van der Waals surface area contributed by atoms with Crippen molar-refractivity contribution in [1.29, 1.82) is 0 Å². The second-order valence-electron chi connectivity index (χ2n) is 4.36. The maximum absolute atomic E-state index is 5.95. The first-order valence-electron chi connectivity index (χ1n) is 6.10. The van der Waals surface area contributed by atoms with Gasteiger partial charge in [0, 0.05) is 12.6 Å². The van der Waals surface area contributed by atoms with Crippen molar-refractivity contribution in [2.75, 3.05) is 11.5 Å². The highest BCUT2D eigenvalue weighted by molar-refractivity contribution is 5.57. The fraction of sp³-hybridized carbons (Fsp3) is 0.200. The SMILES string of the molecule is Cc1cccc(OC(C)Oc2ccc(N)cc2)c1N. The monoisotopic (exact) mass is 258 g/mol. The summed E-state index contributed by atoms with van der Waals surface area (Å²) in [7, 11) is 0. The number of rotatable bonds is 4. The molecule has 0 aliphatic heterocycles. The van der Waals surface area contributed by atoms with Crippen molar-refractivity contribution in [2.45, 2.75) is 20.1 Å². The first kappa shape index (κ1) is 13.1. The molecule has 0 heterocycles. The highest BCUT2D eigenvalue weighted by Gasteiger charge is 2.09. The standard InChI is InChI=1S/C15H18N2O2/c1-10-4-3-5-14(15(10)17)19-11(2)18-13-8-6-12(16)7-9-13/h3-9,11H,16-17H2,1-2H3. The van der Waals surface area contributed by atoms with Gasteiger partial charge < -0.3 is 20.9 Å². The van der Waals surface area contributed by atoms with E-state index in [0.717, 1.165) is 5.56 Å². The summed E-state index contributed by atoms with van der Waals surface area (Å²) in [6.07, 6.45) is -0.437. The molecule has 0 aromatic heterocycles. The summed E-state index contributed by atoms with van der Waals surface area (Å²) in [4.78, 5) is 0. The molecule has 0 saturated heterocycles. The highest BCUT2D eigenvalue weighted by atomic mass is 16.7. The number of hydrogen-bond acceptors (Lipinski definition) is 4. The van der Waals surface area contributed by atoms with E-state index in [1.54, 1.807) is 24.3 Å². The van der Waals surface area contributed by atoms with Gasteiger partial charge in [0.2, 0.25) is 6.29 Å². The van der Waals surface area contributed by atoms with Crippen LogP contribution in [0, 0.1) is 6.92 Å². The Morgan fingerprint density at radius 1 is 0.947 bits per heavy atom. The van der Waals surface area contributed by atoms with Crippen LogP contribution in [0.4, 0.5) is 11.4 Å². The minimum Gasteiger partial charge on any atom is -0.455 e. The average Bonchev–Trinajstić information content (AvgIpc) is 2.38. The molecule has 4 nitrogen and oxygen atoms in total. The van der Waals surface area contributed by atoms with Gasteiger partial charge in [0.15, 0.2) is 0 Å². The van der Waals surface area contributed by atoms with Crippen LogP contribution in [0.2, 0.25) is 0 Å². The Morgan fingerprint density at radius 3 is 2.32 bits per heavy atom. The van der Waals surface area contributed by atoms with Crippen LogP contribution < -0.4 is 20.9 Å². The minimum atomic E-state index is -0.437. The normalized spacial score (nSPS) is 11.9. The molecule has 0 bridgehead atoms. The van der Waals surface area contributed by atoms with Crippen molar-refractivity contribution in [1.82, 2.24) is 0 Å². The van der Waals surface area contributed by atoms with E-state index >= 15 is 0 Å². The largest absolute Gasteiger partial charge is 0.455 e. The van der Waals surface area contributed by atoms with Crippen molar-refractivity contribution >= 4 is 11.4 Å². The number of nitrogens with two attached hydrogens (primary N) is 2. The second-order valence-corrected chi connectivity index (χ2v) is 4.36. The lowest BCUT2D eigenvalue weighted by molar-refractivity contribution is 0.0229. The number of aryl methyl sites for hydroxylation is 1. The third kappa shape index (κ3) is 3.31. The molecule has 4 heteroatoms. The third-order valence-corrected chi connectivity index (χ3v) is 2.76. The summed E-state index contributed by atoms with van der Waals surface area (Å²) < 4.78 is 11.3. The molecule has 0 aliphatic carbocycles. The predicted molar refractivity (Wildman–Crippen MR) is 77.2 cm³/mol. The Balaban J connectivity index is 2.03. The molecule has 0 radical (unpaired) electrons. The summed E-state index contributed by atoms with van der Waals surface area (Å²) in [6.45, 7) is 3.76. The Hall–Kier alpha value is -2.36. The number of ether oxygens (including phenoxy) is 2. The molecule has 1 atom stereocenters. The number of para-hydroxylation sites is 1. The maximum atomic E-state index is 5.95. The molecule has 4 N–H and O–H groups in total. The van der Waals surface area contributed by atoms with E-state index in [0.29, 0.717) is 22.9 Å². The van der Waals surface area contributed by atoms with Gasteiger partial charge in [0.1, 0.15) is 11.5 Å². The zero-order chi connectivity index (χ0) is 13.8. The third-order valence-electron chi connectivity index (χ3n) is 2.76. The van der Waals surface area contributed by atoms with E-state index in [2.05, 4.69) is 0 Å². The molecular formula is C15H18N2O2. The van der Waals surface area contributed by atoms with E-state index in [4.69, 9.17) is 20.9 Å². The molecule has 0 amide bonds. The van der Waals surface area contributed by atoms with Gasteiger partial charge in [-0.2, -0.15) is 0 Å². The molecule has 19 heavy (non-hydrogen) atoms. The minimum absolute atomic E-state index is 0.437. The summed E-state index contributed by atoms with van der Waals surface area (Å²) in [5.74, 6) is 1.33. The van der Waals surface area contributed by atoms with Gasteiger partial charge in [-0.25, -0.2) is 0 Å². The molecule has 2 aromatic rings. The summed E-state index contributed by atoms with van der Waals surface area (Å²) in [5.41, 5.74) is 13.9. The fourth-order valence-corrected chi connectivity index (χ4v) is 1.70. The van der Waals surface area contributed by atoms with Crippen LogP contribution in [0.1, 0.15) is 12.5 Å². The smallest absolute Gasteiger partial charge is 0.238 e. The molecule has 0 saturated carbocycles. The second kappa shape index (κ2) is 5.52. The van der Waals surface area contributed by atoms with Gasteiger partial charge in [0.05, 0.1) is 5.69 Å². The Labute approximate surface area is 112 Å². The van der Waals surface area contributed by atoms with E-state index in [1.807, 2.05) is 32.0 Å². The Bertz CT molecular complexity index is 553. The molecular weight excluding hydrogens is 240 g/mol. The highest BCUT2D eigenvalue weighted by Crippen LogP contribution is 2.26. The van der Waals surface area contributed by atoms with Crippen LogP contribution >= 0.6 is 0 Å². The van der Waals surface area contributed by atoms with Gasteiger partial charge in [-0.15, -0.1) is 0 Å². The predicted octanol–water partition coefficient (Wildman–Crippen LogP) is 2.96. The van der Waals surface area contributed by atoms with Gasteiger partial charge in [0.25, 0.3) is 0 Å². The van der Waals surface area contributed by atoms with Crippen molar-refractivity contribution in [3.63, 3.8) is 0 Å². The number of anilines is 2. The summed E-state index contributed by atoms with van der Waals surface area (Å²) >= 11 is 0. The quantitative estimate of drug-likeness (QED) is 0.653. The summed E-state index contributed by atoms with van der Waals surface area (Å²) in [5, 5.41) is 0. The number of benzene rings is 2. The zero-order valence-electron chi connectivity index (χ0n) is 11.1. The molecule has 0 aliphatic rings. The molecule has 1 unspecified atom stereocenters. The number of hydrogen-bond donors (Lipinski definition) is 2. The Morgan fingerprint density at radius 2 is 1.63 bits per heavy atom. The van der Waals surface area contributed by atoms with Crippen LogP contribution in [0.15, 0.2) is 42.5 Å². The van der Waals surface area contributed by atoms with Gasteiger partial charge in [-0.1, -0.05) is 12.1 Å². The molecule has 2 aromatic carbocycles. The van der Waals surface area contributed by atoms with Crippen LogP contribution in [-0.2, 0) is 0 Å². The zero-order valence-corrected chi connectivity index (χ0v) is 11.1. The lowest BCUT2D eigenvalue weighted by Gasteiger charge is -2.18. The topological polar surface area (TPSA) is 70.5 Å². The summed E-state index contributed by atoms with van der Waals surface area (Å²) in [6, 6.07) is 12.8. The van der Waals surface area contributed by atoms with Crippen molar-refractivity contribution in [3.05, 3.63) is 48.0 Å². The van der Waals surface area contributed by atoms with E-state index < -0.39 is 6.29 Å². The first-order chi connectivity index (χ1) is 9.06. The molecule has 0 fully saturated rings. The van der Waals surface area contributed by atoms with Crippen LogP contribution in [-0.4, -0.2) is 6.29 Å². The van der Waals surface area contributed by atoms with Gasteiger partial charge in [-0.3, -0.25) is 0 Å². The van der Waals surface area contributed by atoms with E-state index in [9.17, 15) is 0 Å². The van der Waals surface area contributed by atoms with E-state index in [-0.39, 0.29) is 0 Å². The Kier molecular flexibility index (Phi) is 3.80. The van der Waals surface area contributed by atoms with Crippen molar-refractivity contribution in [3.8, 4) is 11.5 Å². The van der Waals surface area contributed by atoms with Crippen LogP contribution in [0.3, 0.4) is 0 Å². The molecule has 2 rings (SSSR count). The van der Waals surface area contributed by atoms with E-state index in [1.165, 1.54) is 0 Å². The fourth-order valence-electron chi connectivity index (χ4n) is 1.70. The van der Waals surface area contributed by atoms with Gasteiger partial charge in [-0.05, 0) is 42.8 Å². The molecule has 0 spiro atoms. The van der Waals surface area contributed by atoms with Gasteiger partial charge >= 0.3 is 0 Å². The molecule has 100 valence electrons. The number of nitrogen functional groups attached to an aromatic ring is 2.